The van der Waals surface area contributed by atoms with Crippen LogP contribution in [0, 0.1) is 0 Å². The molecule has 0 amide bonds. The molecular weight excluding hydrogens is 310 g/mol. The average Bonchev–Trinajstić information content (AvgIpc) is 2.93. The summed E-state index contributed by atoms with van der Waals surface area (Å²) in [5, 5.41) is 0. The Hall–Kier alpha value is -2.01. The highest BCUT2D eigenvalue weighted by atomic mass is 32.2. The lowest BCUT2D eigenvalue weighted by Gasteiger charge is -2.15. The third-order valence-corrected chi connectivity index (χ3v) is 5.44. The number of rotatable bonds is 3. The van der Waals surface area contributed by atoms with Crippen molar-refractivity contribution in [1.82, 2.24) is 0 Å². The molecule has 1 aliphatic heterocycles. The summed E-state index contributed by atoms with van der Waals surface area (Å²) in [7, 11) is -3.38. The SMILES string of the molecule is CC(C)c1ccc(-c2cc(N)c(S(C)(=O)=O)c3c2OCC3)cc1. The Morgan fingerprint density at radius 1 is 1.17 bits per heavy atom. The maximum Gasteiger partial charge on any atom is 0.177 e. The Kier molecular flexibility index (Phi) is 3.84. The van der Waals surface area contributed by atoms with Gasteiger partial charge in [0.05, 0.1) is 17.2 Å². The summed E-state index contributed by atoms with van der Waals surface area (Å²) in [6, 6.07) is 9.95. The second kappa shape index (κ2) is 5.57. The molecule has 3 rings (SSSR count). The van der Waals surface area contributed by atoms with Gasteiger partial charge in [0.1, 0.15) is 5.75 Å². The molecule has 0 saturated heterocycles. The van der Waals surface area contributed by atoms with E-state index < -0.39 is 9.84 Å². The van der Waals surface area contributed by atoms with Crippen LogP contribution in [0.4, 0.5) is 5.69 Å². The van der Waals surface area contributed by atoms with E-state index in [0.29, 0.717) is 35.9 Å². The molecular formula is C18H21NO3S. The van der Waals surface area contributed by atoms with Gasteiger partial charge in [-0.15, -0.1) is 0 Å². The van der Waals surface area contributed by atoms with E-state index in [4.69, 9.17) is 10.5 Å². The van der Waals surface area contributed by atoms with E-state index in [0.717, 1.165) is 11.1 Å². The van der Waals surface area contributed by atoms with Gasteiger partial charge in [-0.25, -0.2) is 8.42 Å². The van der Waals surface area contributed by atoms with Crippen molar-refractivity contribution >= 4 is 15.5 Å². The highest BCUT2D eigenvalue weighted by Gasteiger charge is 2.28. The van der Waals surface area contributed by atoms with Gasteiger partial charge in [0.2, 0.25) is 0 Å². The number of nitrogen functional groups attached to an aromatic ring is 1. The first-order valence-corrected chi connectivity index (χ1v) is 9.56. The highest BCUT2D eigenvalue weighted by molar-refractivity contribution is 7.91. The first kappa shape index (κ1) is 15.9. The number of nitrogens with two attached hydrogens (primary N) is 1. The van der Waals surface area contributed by atoms with Gasteiger partial charge in [-0.2, -0.15) is 0 Å². The third kappa shape index (κ3) is 2.81. The van der Waals surface area contributed by atoms with Gasteiger partial charge in [-0.05, 0) is 23.1 Å². The van der Waals surface area contributed by atoms with Crippen molar-refractivity contribution < 1.29 is 13.2 Å². The monoisotopic (exact) mass is 331 g/mol. The van der Waals surface area contributed by atoms with E-state index in [1.54, 1.807) is 6.07 Å². The molecule has 0 aliphatic carbocycles. The summed E-state index contributed by atoms with van der Waals surface area (Å²) in [6.07, 6.45) is 1.76. The van der Waals surface area contributed by atoms with Gasteiger partial charge >= 0.3 is 0 Å². The molecule has 1 aliphatic rings. The van der Waals surface area contributed by atoms with Gasteiger partial charge < -0.3 is 10.5 Å². The minimum absolute atomic E-state index is 0.215. The lowest BCUT2D eigenvalue weighted by molar-refractivity contribution is 0.358. The summed E-state index contributed by atoms with van der Waals surface area (Å²) in [6.45, 7) is 4.78. The Bertz CT molecular complexity index is 853. The molecule has 2 aromatic carbocycles. The molecule has 23 heavy (non-hydrogen) atoms. The van der Waals surface area contributed by atoms with Crippen LogP contribution >= 0.6 is 0 Å². The van der Waals surface area contributed by atoms with Crippen molar-refractivity contribution in [3.05, 3.63) is 41.5 Å². The molecule has 5 heteroatoms. The molecule has 1 heterocycles. The van der Waals surface area contributed by atoms with Crippen molar-refractivity contribution in [1.29, 1.82) is 0 Å². The quantitative estimate of drug-likeness (QED) is 0.875. The molecule has 0 unspecified atom stereocenters. The first-order valence-electron chi connectivity index (χ1n) is 7.67. The predicted octanol–water partition coefficient (Wildman–Crippen LogP) is 3.40. The molecule has 122 valence electrons. The maximum absolute atomic E-state index is 12.0. The van der Waals surface area contributed by atoms with Crippen LogP contribution in [-0.4, -0.2) is 21.3 Å². The molecule has 0 atom stereocenters. The van der Waals surface area contributed by atoms with Crippen LogP contribution in [0.2, 0.25) is 0 Å². The van der Waals surface area contributed by atoms with E-state index in [1.165, 1.54) is 11.8 Å². The molecule has 0 radical (unpaired) electrons. The molecule has 4 nitrogen and oxygen atoms in total. The van der Waals surface area contributed by atoms with E-state index in [9.17, 15) is 8.42 Å². The Balaban J connectivity index is 2.19. The van der Waals surface area contributed by atoms with Crippen LogP contribution < -0.4 is 10.5 Å². The van der Waals surface area contributed by atoms with Gasteiger partial charge in [0, 0.05) is 23.8 Å². The Labute approximate surface area is 137 Å². The fourth-order valence-electron chi connectivity index (χ4n) is 3.07. The summed E-state index contributed by atoms with van der Waals surface area (Å²) >= 11 is 0. The normalized spacial score (nSPS) is 13.9. The second-order valence-corrected chi connectivity index (χ2v) is 8.25. The van der Waals surface area contributed by atoms with E-state index in [2.05, 4.69) is 26.0 Å². The zero-order valence-electron chi connectivity index (χ0n) is 13.6. The molecule has 0 saturated carbocycles. The van der Waals surface area contributed by atoms with Crippen LogP contribution in [0.5, 0.6) is 5.75 Å². The van der Waals surface area contributed by atoms with Crippen molar-refractivity contribution in [2.75, 3.05) is 18.6 Å². The smallest absolute Gasteiger partial charge is 0.177 e. The fraction of sp³-hybridized carbons (Fsp3) is 0.333. The maximum atomic E-state index is 12.0. The Morgan fingerprint density at radius 3 is 2.39 bits per heavy atom. The van der Waals surface area contributed by atoms with Crippen LogP contribution in [0.1, 0.15) is 30.9 Å². The molecule has 2 aromatic rings. The molecule has 0 fully saturated rings. The molecule has 2 N–H and O–H groups in total. The lowest BCUT2D eigenvalue weighted by atomic mass is 9.96. The summed E-state index contributed by atoms with van der Waals surface area (Å²) in [4.78, 5) is 0.215. The van der Waals surface area contributed by atoms with Gasteiger partial charge in [0.25, 0.3) is 0 Å². The van der Waals surface area contributed by atoms with Crippen LogP contribution in [0.3, 0.4) is 0 Å². The summed E-state index contributed by atoms with van der Waals surface area (Å²) < 4.78 is 29.8. The number of sulfone groups is 1. The third-order valence-electron chi connectivity index (χ3n) is 4.21. The highest BCUT2D eigenvalue weighted by Crippen LogP contribution is 2.43. The second-order valence-electron chi connectivity index (χ2n) is 6.30. The number of anilines is 1. The van der Waals surface area contributed by atoms with E-state index in [1.807, 2.05) is 12.1 Å². The molecule has 0 bridgehead atoms. The van der Waals surface area contributed by atoms with Crippen LogP contribution in [0.25, 0.3) is 11.1 Å². The van der Waals surface area contributed by atoms with Crippen molar-refractivity contribution in [3.8, 4) is 16.9 Å². The summed E-state index contributed by atoms with van der Waals surface area (Å²) in [5.74, 6) is 1.11. The average molecular weight is 331 g/mol. The topological polar surface area (TPSA) is 69.4 Å². The predicted molar refractivity (Wildman–Crippen MR) is 92.7 cm³/mol. The van der Waals surface area contributed by atoms with Gasteiger partial charge in [-0.3, -0.25) is 0 Å². The van der Waals surface area contributed by atoms with Crippen LogP contribution in [0.15, 0.2) is 35.2 Å². The minimum Gasteiger partial charge on any atom is -0.492 e. The van der Waals surface area contributed by atoms with Crippen LogP contribution in [-0.2, 0) is 16.3 Å². The minimum atomic E-state index is -3.38. The zero-order valence-corrected chi connectivity index (χ0v) is 14.4. The standard InChI is InChI=1S/C18H21NO3S/c1-11(2)12-4-6-13(7-5-12)15-10-16(19)18(23(3,20)21)14-8-9-22-17(14)15/h4-7,10-11H,8-9,19H2,1-3H3. The number of hydrogen-bond donors (Lipinski definition) is 1. The van der Waals surface area contributed by atoms with Crippen molar-refractivity contribution in [3.63, 3.8) is 0 Å². The number of hydrogen-bond acceptors (Lipinski definition) is 4. The molecule has 0 spiro atoms. The first-order chi connectivity index (χ1) is 10.8. The van der Waals surface area contributed by atoms with Gasteiger partial charge in [0.15, 0.2) is 9.84 Å². The van der Waals surface area contributed by atoms with E-state index >= 15 is 0 Å². The number of fused-ring (bicyclic) bond motifs is 1. The van der Waals surface area contributed by atoms with E-state index in [-0.39, 0.29) is 4.90 Å². The fourth-order valence-corrected chi connectivity index (χ4v) is 4.20. The largest absolute Gasteiger partial charge is 0.492 e. The summed E-state index contributed by atoms with van der Waals surface area (Å²) in [5.41, 5.74) is 10.2. The lowest BCUT2D eigenvalue weighted by Crippen LogP contribution is -2.06. The Morgan fingerprint density at radius 2 is 1.83 bits per heavy atom. The number of ether oxygens (including phenoxy) is 1. The zero-order chi connectivity index (χ0) is 16.8. The van der Waals surface area contributed by atoms with Crippen molar-refractivity contribution in [2.45, 2.75) is 31.1 Å². The number of benzene rings is 2. The van der Waals surface area contributed by atoms with Crippen molar-refractivity contribution in [2.24, 2.45) is 0 Å². The van der Waals surface area contributed by atoms with Gasteiger partial charge in [-0.1, -0.05) is 38.1 Å². The molecule has 0 aromatic heterocycles.